The molecule has 0 amide bonds. The second-order valence-electron chi connectivity index (χ2n) is 3.33. The van der Waals surface area contributed by atoms with E-state index in [4.69, 9.17) is 0 Å². The van der Waals surface area contributed by atoms with Gasteiger partial charge in [0.1, 0.15) is 12.1 Å². The molecule has 72 valence electrons. The Bertz CT molecular complexity index is 263. The molecule has 0 aliphatic rings. The molecular weight excluding hydrogens is 230 g/mol. The zero-order chi connectivity index (χ0) is 9.68. The van der Waals surface area contributed by atoms with E-state index >= 15 is 0 Å². The fourth-order valence-electron chi connectivity index (χ4n) is 0.922. The maximum Gasteiger partial charge on any atom is 0.143 e. The number of hydrogen-bond acceptors (Lipinski definition) is 3. The summed E-state index contributed by atoms with van der Waals surface area (Å²) in [5.74, 6) is 1.59. The Balaban J connectivity index is 2.41. The standard InChI is InChI=1S/C9H14BrN3/c1-7(2)3-4-12-9-8(10)5-11-6-13-9/h5-7H,3-4H2,1-2H3,(H,11,12,13). The molecule has 0 fully saturated rings. The van der Waals surface area contributed by atoms with Crippen LogP contribution in [0.4, 0.5) is 5.82 Å². The summed E-state index contributed by atoms with van der Waals surface area (Å²) >= 11 is 3.38. The summed E-state index contributed by atoms with van der Waals surface area (Å²) in [5, 5.41) is 3.25. The van der Waals surface area contributed by atoms with E-state index < -0.39 is 0 Å². The van der Waals surface area contributed by atoms with Crippen LogP contribution in [0, 0.1) is 5.92 Å². The molecule has 1 rings (SSSR count). The summed E-state index contributed by atoms with van der Waals surface area (Å²) in [7, 11) is 0. The lowest BCUT2D eigenvalue weighted by Crippen LogP contribution is -2.06. The van der Waals surface area contributed by atoms with E-state index in [0.29, 0.717) is 5.92 Å². The number of anilines is 1. The number of nitrogens with one attached hydrogen (secondary N) is 1. The molecule has 4 heteroatoms. The number of hydrogen-bond donors (Lipinski definition) is 1. The summed E-state index contributed by atoms with van der Waals surface area (Å²) in [4.78, 5) is 8.00. The molecule has 0 saturated carbocycles. The number of nitrogens with zero attached hydrogens (tertiary/aromatic N) is 2. The van der Waals surface area contributed by atoms with Crippen molar-refractivity contribution in [1.82, 2.24) is 9.97 Å². The third-order valence-electron chi connectivity index (χ3n) is 1.68. The quantitative estimate of drug-likeness (QED) is 0.884. The first-order valence-corrected chi connectivity index (χ1v) is 5.19. The summed E-state index contributed by atoms with van der Waals surface area (Å²) in [5.41, 5.74) is 0. The number of halogens is 1. The monoisotopic (exact) mass is 243 g/mol. The minimum absolute atomic E-state index is 0.716. The predicted octanol–water partition coefficient (Wildman–Crippen LogP) is 2.70. The van der Waals surface area contributed by atoms with Gasteiger partial charge in [-0.25, -0.2) is 9.97 Å². The Morgan fingerprint density at radius 2 is 2.31 bits per heavy atom. The van der Waals surface area contributed by atoms with Gasteiger partial charge in [0.25, 0.3) is 0 Å². The Labute approximate surface area is 87.1 Å². The summed E-state index contributed by atoms with van der Waals surface area (Å²) in [6.07, 6.45) is 4.43. The molecule has 0 aromatic carbocycles. The van der Waals surface area contributed by atoms with Crippen LogP contribution in [0.2, 0.25) is 0 Å². The highest BCUT2D eigenvalue weighted by Crippen LogP contribution is 2.16. The minimum atomic E-state index is 0.716. The van der Waals surface area contributed by atoms with Gasteiger partial charge in [-0.05, 0) is 28.3 Å². The van der Waals surface area contributed by atoms with Gasteiger partial charge in [0.05, 0.1) is 4.47 Å². The first-order valence-electron chi connectivity index (χ1n) is 4.39. The zero-order valence-corrected chi connectivity index (χ0v) is 9.50. The first-order chi connectivity index (χ1) is 6.20. The molecule has 0 radical (unpaired) electrons. The van der Waals surface area contributed by atoms with E-state index in [1.165, 1.54) is 0 Å². The van der Waals surface area contributed by atoms with Crippen LogP contribution in [0.25, 0.3) is 0 Å². The van der Waals surface area contributed by atoms with Gasteiger partial charge in [0.15, 0.2) is 0 Å². The molecule has 0 spiro atoms. The van der Waals surface area contributed by atoms with Crippen LogP contribution < -0.4 is 5.32 Å². The third kappa shape index (κ3) is 3.72. The summed E-state index contributed by atoms with van der Waals surface area (Å²) in [6, 6.07) is 0. The Kier molecular flexibility index (Phi) is 4.15. The first kappa shape index (κ1) is 10.4. The molecule has 1 aromatic heterocycles. The minimum Gasteiger partial charge on any atom is -0.369 e. The zero-order valence-electron chi connectivity index (χ0n) is 7.92. The Morgan fingerprint density at radius 3 is 2.92 bits per heavy atom. The molecule has 3 nitrogen and oxygen atoms in total. The molecular formula is C9H14BrN3. The van der Waals surface area contributed by atoms with E-state index in [1.54, 1.807) is 12.5 Å². The van der Waals surface area contributed by atoms with Crippen molar-refractivity contribution in [1.29, 1.82) is 0 Å². The molecule has 0 bridgehead atoms. The maximum absolute atomic E-state index is 4.11. The van der Waals surface area contributed by atoms with Crippen LogP contribution in [0.1, 0.15) is 20.3 Å². The van der Waals surface area contributed by atoms with Crippen molar-refractivity contribution in [2.75, 3.05) is 11.9 Å². The highest BCUT2D eigenvalue weighted by Gasteiger charge is 1.99. The topological polar surface area (TPSA) is 37.8 Å². The van der Waals surface area contributed by atoms with Crippen molar-refractivity contribution < 1.29 is 0 Å². The molecule has 0 atom stereocenters. The molecule has 1 aromatic rings. The van der Waals surface area contributed by atoms with Gasteiger partial charge in [-0.3, -0.25) is 0 Å². The summed E-state index contributed by atoms with van der Waals surface area (Å²) < 4.78 is 0.916. The largest absolute Gasteiger partial charge is 0.369 e. The highest BCUT2D eigenvalue weighted by atomic mass is 79.9. The average Bonchev–Trinajstić information content (AvgIpc) is 2.08. The Hall–Kier alpha value is -0.640. The third-order valence-corrected chi connectivity index (χ3v) is 2.26. The van der Waals surface area contributed by atoms with Crippen molar-refractivity contribution in [2.45, 2.75) is 20.3 Å². The van der Waals surface area contributed by atoms with Crippen LogP contribution in [0.3, 0.4) is 0 Å². The normalized spacial score (nSPS) is 10.5. The lowest BCUT2D eigenvalue weighted by atomic mass is 10.1. The molecule has 1 N–H and O–H groups in total. The van der Waals surface area contributed by atoms with Crippen LogP contribution in [0.15, 0.2) is 17.0 Å². The fourth-order valence-corrected chi connectivity index (χ4v) is 1.28. The smallest absolute Gasteiger partial charge is 0.143 e. The second-order valence-corrected chi connectivity index (χ2v) is 4.18. The molecule has 0 saturated heterocycles. The second kappa shape index (κ2) is 5.17. The average molecular weight is 244 g/mol. The summed E-state index contributed by atoms with van der Waals surface area (Å²) in [6.45, 7) is 5.36. The van der Waals surface area contributed by atoms with E-state index in [-0.39, 0.29) is 0 Å². The van der Waals surface area contributed by atoms with Crippen LogP contribution in [0.5, 0.6) is 0 Å². The predicted molar refractivity (Wildman–Crippen MR) is 57.7 cm³/mol. The molecule has 13 heavy (non-hydrogen) atoms. The SMILES string of the molecule is CC(C)CCNc1ncncc1Br. The molecule has 0 unspecified atom stereocenters. The van der Waals surface area contributed by atoms with Crippen molar-refractivity contribution in [3.05, 3.63) is 17.0 Å². The van der Waals surface area contributed by atoms with Gasteiger partial charge in [-0.2, -0.15) is 0 Å². The van der Waals surface area contributed by atoms with Crippen molar-refractivity contribution in [3.8, 4) is 0 Å². The van der Waals surface area contributed by atoms with Gasteiger partial charge >= 0.3 is 0 Å². The number of aromatic nitrogens is 2. The maximum atomic E-state index is 4.11. The van der Waals surface area contributed by atoms with Crippen molar-refractivity contribution >= 4 is 21.7 Å². The van der Waals surface area contributed by atoms with Crippen LogP contribution >= 0.6 is 15.9 Å². The van der Waals surface area contributed by atoms with Crippen molar-refractivity contribution in [2.24, 2.45) is 5.92 Å². The van der Waals surface area contributed by atoms with Crippen LogP contribution in [-0.2, 0) is 0 Å². The van der Waals surface area contributed by atoms with E-state index in [1.807, 2.05) is 0 Å². The molecule has 0 aliphatic heterocycles. The van der Waals surface area contributed by atoms with Gasteiger partial charge in [0.2, 0.25) is 0 Å². The van der Waals surface area contributed by atoms with Gasteiger partial charge < -0.3 is 5.32 Å². The van der Waals surface area contributed by atoms with Gasteiger partial charge in [-0.15, -0.1) is 0 Å². The highest BCUT2D eigenvalue weighted by molar-refractivity contribution is 9.10. The lowest BCUT2D eigenvalue weighted by molar-refractivity contribution is 0.606. The van der Waals surface area contributed by atoms with Gasteiger partial charge in [-0.1, -0.05) is 13.8 Å². The van der Waals surface area contributed by atoms with E-state index in [0.717, 1.165) is 23.3 Å². The Morgan fingerprint density at radius 1 is 1.54 bits per heavy atom. The molecule has 1 heterocycles. The van der Waals surface area contributed by atoms with Gasteiger partial charge in [0, 0.05) is 12.7 Å². The van der Waals surface area contributed by atoms with E-state index in [9.17, 15) is 0 Å². The number of rotatable bonds is 4. The van der Waals surface area contributed by atoms with Crippen molar-refractivity contribution in [3.63, 3.8) is 0 Å². The van der Waals surface area contributed by atoms with E-state index in [2.05, 4.69) is 45.1 Å². The molecule has 0 aliphatic carbocycles. The fraction of sp³-hybridized carbons (Fsp3) is 0.556. The lowest BCUT2D eigenvalue weighted by Gasteiger charge is -2.07. The van der Waals surface area contributed by atoms with Crippen LogP contribution in [-0.4, -0.2) is 16.5 Å².